The zero-order valence-electron chi connectivity index (χ0n) is 10.8. The fourth-order valence-electron chi connectivity index (χ4n) is 1.51. The van der Waals surface area contributed by atoms with Gasteiger partial charge < -0.3 is 9.80 Å². The first-order chi connectivity index (χ1) is 8.40. The number of halogens is 1. The molecule has 1 rings (SSSR count). The lowest BCUT2D eigenvalue weighted by molar-refractivity contribution is -0.384. The van der Waals surface area contributed by atoms with Gasteiger partial charge in [-0.05, 0) is 27.1 Å². The first kappa shape index (κ1) is 14.7. The smallest absolute Gasteiger partial charge is 0.276 e. The van der Waals surface area contributed by atoms with Crippen LogP contribution < -0.4 is 4.90 Å². The summed E-state index contributed by atoms with van der Waals surface area (Å²) in [5.41, 5.74) is -0.0375. The summed E-state index contributed by atoms with van der Waals surface area (Å²) in [5.74, 6) is 0.521. The van der Waals surface area contributed by atoms with Gasteiger partial charge in [0.25, 0.3) is 5.69 Å². The van der Waals surface area contributed by atoms with Crippen molar-refractivity contribution in [1.82, 2.24) is 9.88 Å². The van der Waals surface area contributed by atoms with Crippen molar-refractivity contribution in [2.24, 2.45) is 0 Å². The number of pyridine rings is 1. The molecule has 1 heterocycles. The molecule has 0 aliphatic rings. The van der Waals surface area contributed by atoms with Gasteiger partial charge >= 0.3 is 0 Å². The molecule has 0 unspecified atom stereocenters. The molecule has 0 amide bonds. The highest BCUT2D eigenvalue weighted by Gasteiger charge is 2.12. The van der Waals surface area contributed by atoms with Crippen molar-refractivity contribution in [3.8, 4) is 0 Å². The highest BCUT2D eigenvalue weighted by Crippen LogP contribution is 2.22. The maximum atomic E-state index is 10.7. The summed E-state index contributed by atoms with van der Waals surface area (Å²) in [6.07, 6.45) is 0.950. The quantitative estimate of drug-likeness (QED) is 0.450. The van der Waals surface area contributed by atoms with E-state index in [1.54, 1.807) is 0 Å². The molecule has 0 N–H and O–H groups in total. The Morgan fingerprint density at radius 3 is 2.56 bits per heavy atom. The Labute approximate surface area is 111 Å². The zero-order valence-corrected chi connectivity index (χ0v) is 11.5. The van der Waals surface area contributed by atoms with E-state index in [0.717, 1.165) is 19.5 Å². The Morgan fingerprint density at radius 1 is 1.33 bits per heavy atom. The van der Waals surface area contributed by atoms with Crippen LogP contribution in [0, 0.1) is 10.1 Å². The summed E-state index contributed by atoms with van der Waals surface area (Å²) in [6, 6.07) is 2.68. The summed E-state index contributed by atoms with van der Waals surface area (Å²) in [6.45, 7) is 1.72. The second-order valence-electron chi connectivity index (χ2n) is 4.34. The van der Waals surface area contributed by atoms with Gasteiger partial charge in [0.15, 0.2) is 0 Å². The normalized spacial score (nSPS) is 10.7. The lowest BCUT2D eigenvalue weighted by atomic mass is 10.3. The van der Waals surface area contributed by atoms with Crippen LogP contribution >= 0.6 is 11.6 Å². The van der Waals surface area contributed by atoms with Gasteiger partial charge in [-0.2, -0.15) is 0 Å². The number of hydrogen-bond donors (Lipinski definition) is 0. The topological polar surface area (TPSA) is 62.5 Å². The third-order valence-corrected chi connectivity index (χ3v) is 2.66. The average molecular weight is 273 g/mol. The molecule has 0 radical (unpaired) electrons. The summed E-state index contributed by atoms with van der Waals surface area (Å²) in [7, 11) is 5.85. The summed E-state index contributed by atoms with van der Waals surface area (Å²) < 4.78 is 0. The molecule has 0 aliphatic carbocycles. The van der Waals surface area contributed by atoms with E-state index in [4.69, 9.17) is 11.6 Å². The number of hydrogen-bond acceptors (Lipinski definition) is 5. The van der Waals surface area contributed by atoms with E-state index < -0.39 is 4.92 Å². The molecule has 0 saturated carbocycles. The van der Waals surface area contributed by atoms with E-state index in [9.17, 15) is 10.1 Å². The van der Waals surface area contributed by atoms with Crippen LogP contribution in [0.15, 0.2) is 12.1 Å². The predicted molar refractivity (Wildman–Crippen MR) is 72.3 cm³/mol. The fraction of sp³-hybridized carbons (Fsp3) is 0.545. The zero-order chi connectivity index (χ0) is 13.7. The summed E-state index contributed by atoms with van der Waals surface area (Å²) >= 11 is 5.77. The van der Waals surface area contributed by atoms with Crippen LogP contribution in [0.25, 0.3) is 0 Å². The minimum atomic E-state index is -0.468. The summed E-state index contributed by atoms with van der Waals surface area (Å²) in [5, 5.41) is 10.9. The van der Waals surface area contributed by atoms with Gasteiger partial charge in [-0.25, -0.2) is 4.98 Å². The van der Waals surface area contributed by atoms with Crippen molar-refractivity contribution in [2.75, 3.05) is 39.1 Å². The highest BCUT2D eigenvalue weighted by atomic mass is 35.5. The van der Waals surface area contributed by atoms with E-state index in [2.05, 4.69) is 9.88 Å². The van der Waals surface area contributed by atoms with Crippen molar-refractivity contribution in [1.29, 1.82) is 0 Å². The SMILES string of the molecule is CN(C)CCCN(C)c1cc([N+](=O)[O-])cc(Cl)n1. The largest absolute Gasteiger partial charge is 0.359 e. The van der Waals surface area contributed by atoms with Crippen LogP contribution in [0.1, 0.15) is 6.42 Å². The predicted octanol–water partition coefficient (Wildman–Crippen LogP) is 2.03. The lowest BCUT2D eigenvalue weighted by Gasteiger charge is -2.19. The molecule has 7 heteroatoms. The highest BCUT2D eigenvalue weighted by molar-refractivity contribution is 6.29. The minimum Gasteiger partial charge on any atom is -0.359 e. The van der Waals surface area contributed by atoms with Crippen molar-refractivity contribution in [2.45, 2.75) is 6.42 Å². The molecule has 0 spiro atoms. The van der Waals surface area contributed by atoms with Gasteiger partial charge in [0.05, 0.1) is 17.1 Å². The number of anilines is 1. The third kappa shape index (κ3) is 4.46. The Morgan fingerprint density at radius 2 is 2.00 bits per heavy atom. The van der Waals surface area contributed by atoms with Crippen molar-refractivity contribution in [3.05, 3.63) is 27.4 Å². The van der Waals surface area contributed by atoms with Crippen LogP contribution in [-0.2, 0) is 0 Å². The first-order valence-corrected chi connectivity index (χ1v) is 5.96. The Bertz CT molecular complexity index is 426. The number of rotatable bonds is 6. The molecule has 0 aliphatic heterocycles. The standard InChI is InChI=1S/C11H17ClN4O2/c1-14(2)5-4-6-15(3)11-8-9(16(17)18)7-10(12)13-11/h7-8H,4-6H2,1-3H3. The van der Waals surface area contributed by atoms with Crippen molar-refractivity contribution < 1.29 is 4.92 Å². The Kier molecular flexibility index (Phi) is 5.30. The van der Waals surface area contributed by atoms with Crippen molar-refractivity contribution >= 4 is 23.1 Å². The fourth-order valence-corrected chi connectivity index (χ4v) is 1.71. The minimum absolute atomic E-state index is 0.0375. The molecule has 6 nitrogen and oxygen atoms in total. The second kappa shape index (κ2) is 6.51. The van der Waals surface area contributed by atoms with Crippen LogP contribution in [0.3, 0.4) is 0 Å². The van der Waals surface area contributed by atoms with Crippen LogP contribution in [0.2, 0.25) is 5.15 Å². The molecule has 18 heavy (non-hydrogen) atoms. The van der Waals surface area contributed by atoms with Gasteiger partial charge in [-0.15, -0.1) is 0 Å². The molecule has 0 atom stereocenters. The molecular weight excluding hydrogens is 256 g/mol. The van der Waals surface area contributed by atoms with Gasteiger partial charge in [0.1, 0.15) is 11.0 Å². The maximum Gasteiger partial charge on any atom is 0.276 e. The molecule has 0 saturated heterocycles. The van der Waals surface area contributed by atoms with E-state index >= 15 is 0 Å². The second-order valence-corrected chi connectivity index (χ2v) is 4.73. The number of nitrogens with zero attached hydrogens (tertiary/aromatic N) is 4. The molecule has 1 aromatic rings. The first-order valence-electron chi connectivity index (χ1n) is 5.58. The monoisotopic (exact) mass is 272 g/mol. The van der Waals surface area contributed by atoms with Crippen LogP contribution in [0.4, 0.5) is 11.5 Å². The third-order valence-electron chi connectivity index (χ3n) is 2.47. The average Bonchev–Trinajstić information content (AvgIpc) is 2.27. The van der Waals surface area contributed by atoms with Crippen LogP contribution in [0.5, 0.6) is 0 Å². The molecule has 0 aromatic carbocycles. The van der Waals surface area contributed by atoms with Crippen molar-refractivity contribution in [3.63, 3.8) is 0 Å². The van der Waals surface area contributed by atoms with Crippen LogP contribution in [-0.4, -0.2) is 49.0 Å². The summed E-state index contributed by atoms with van der Waals surface area (Å²) in [4.78, 5) is 18.3. The Hall–Kier alpha value is -1.40. The van der Waals surface area contributed by atoms with Gasteiger partial charge in [-0.3, -0.25) is 10.1 Å². The molecular formula is C11H17ClN4O2. The van der Waals surface area contributed by atoms with Gasteiger partial charge in [0.2, 0.25) is 0 Å². The molecule has 100 valence electrons. The number of aromatic nitrogens is 1. The maximum absolute atomic E-state index is 10.7. The van der Waals surface area contributed by atoms with E-state index in [-0.39, 0.29) is 10.8 Å². The molecule has 0 fully saturated rings. The number of nitro groups is 1. The van der Waals surface area contributed by atoms with E-state index in [1.807, 2.05) is 26.0 Å². The molecule has 1 aromatic heterocycles. The lowest BCUT2D eigenvalue weighted by Crippen LogP contribution is -2.24. The van der Waals surface area contributed by atoms with E-state index in [1.165, 1.54) is 12.1 Å². The molecule has 0 bridgehead atoms. The Balaban J connectivity index is 2.73. The van der Waals surface area contributed by atoms with Gasteiger partial charge in [0, 0.05) is 13.6 Å². The van der Waals surface area contributed by atoms with Gasteiger partial charge in [-0.1, -0.05) is 11.6 Å². The van der Waals surface area contributed by atoms with E-state index in [0.29, 0.717) is 5.82 Å².